The SMILES string of the molecule is CSCCCCNc1cccc2cn[nH]c12. The molecule has 2 aromatic rings. The van der Waals surface area contributed by atoms with Crippen LogP contribution in [0.4, 0.5) is 5.69 Å². The minimum absolute atomic E-state index is 1.03. The number of fused-ring (bicyclic) bond motifs is 1. The molecular weight excluding hydrogens is 218 g/mol. The minimum atomic E-state index is 1.03. The van der Waals surface area contributed by atoms with Crippen LogP contribution in [0, 0.1) is 0 Å². The number of nitrogens with one attached hydrogen (secondary N) is 2. The van der Waals surface area contributed by atoms with E-state index in [-0.39, 0.29) is 0 Å². The second-order valence-corrected chi connectivity index (χ2v) is 4.75. The number of unbranched alkanes of at least 4 members (excludes halogenated alkanes) is 1. The first-order valence-corrected chi connectivity index (χ1v) is 6.96. The third-order valence-corrected chi connectivity index (χ3v) is 3.26. The first-order valence-electron chi connectivity index (χ1n) is 5.56. The molecule has 86 valence electrons. The molecule has 1 aromatic carbocycles. The first-order chi connectivity index (χ1) is 7.92. The number of anilines is 1. The van der Waals surface area contributed by atoms with Crippen LogP contribution in [0.1, 0.15) is 12.8 Å². The molecule has 0 fully saturated rings. The molecule has 0 aliphatic carbocycles. The van der Waals surface area contributed by atoms with Crippen molar-refractivity contribution in [2.75, 3.05) is 23.9 Å². The number of rotatable bonds is 6. The number of thioether (sulfide) groups is 1. The fourth-order valence-corrected chi connectivity index (χ4v) is 2.20. The van der Waals surface area contributed by atoms with Gasteiger partial charge in [0.1, 0.15) is 0 Å². The molecule has 0 aliphatic heterocycles. The van der Waals surface area contributed by atoms with Crippen LogP contribution in [-0.2, 0) is 0 Å². The average molecular weight is 235 g/mol. The van der Waals surface area contributed by atoms with Gasteiger partial charge in [-0.3, -0.25) is 5.10 Å². The lowest BCUT2D eigenvalue weighted by Gasteiger charge is -2.06. The van der Waals surface area contributed by atoms with Gasteiger partial charge in [-0.15, -0.1) is 0 Å². The molecule has 1 heterocycles. The monoisotopic (exact) mass is 235 g/mol. The van der Waals surface area contributed by atoms with E-state index in [1.165, 1.54) is 18.6 Å². The Bertz CT molecular complexity index is 439. The maximum atomic E-state index is 4.05. The molecule has 0 amide bonds. The second kappa shape index (κ2) is 5.80. The third-order valence-electron chi connectivity index (χ3n) is 2.57. The molecule has 0 atom stereocenters. The summed E-state index contributed by atoms with van der Waals surface area (Å²) in [6.45, 7) is 1.03. The Kier molecular flexibility index (Phi) is 4.10. The molecule has 0 aliphatic rings. The van der Waals surface area contributed by atoms with Crippen molar-refractivity contribution in [2.24, 2.45) is 0 Å². The molecule has 0 saturated carbocycles. The number of para-hydroxylation sites is 1. The molecule has 0 radical (unpaired) electrons. The van der Waals surface area contributed by atoms with E-state index in [1.54, 1.807) is 0 Å². The molecule has 2 rings (SSSR count). The van der Waals surface area contributed by atoms with Gasteiger partial charge < -0.3 is 5.32 Å². The number of benzene rings is 1. The van der Waals surface area contributed by atoms with Crippen molar-refractivity contribution in [3.63, 3.8) is 0 Å². The van der Waals surface area contributed by atoms with E-state index in [0.717, 1.165) is 23.1 Å². The maximum Gasteiger partial charge on any atom is 0.0881 e. The maximum absolute atomic E-state index is 4.05. The second-order valence-electron chi connectivity index (χ2n) is 3.77. The van der Waals surface area contributed by atoms with Crippen LogP contribution in [0.2, 0.25) is 0 Å². The van der Waals surface area contributed by atoms with Crippen LogP contribution in [-0.4, -0.2) is 28.8 Å². The Morgan fingerprint density at radius 3 is 3.19 bits per heavy atom. The molecule has 1 aromatic heterocycles. The van der Waals surface area contributed by atoms with E-state index in [0.29, 0.717) is 0 Å². The van der Waals surface area contributed by atoms with Gasteiger partial charge in [0, 0.05) is 11.9 Å². The zero-order valence-corrected chi connectivity index (χ0v) is 10.3. The lowest BCUT2D eigenvalue weighted by Crippen LogP contribution is -2.02. The number of aromatic amines is 1. The van der Waals surface area contributed by atoms with Crippen LogP contribution in [0.3, 0.4) is 0 Å². The Labute approximate surface area is 100 Å². The quantitative estimate of drug-likeness (QED) is 0.756. The number of nitrogens with zero attached hydrogens (tertiary/aromatic N) is 1. The molecule has 0 saturated heterocycles. The zero-order chi connectivity index (χ0) is 11.2. The van der Waals surface area contributed by atoms with Crippen molar-refractivity contribution in [1.82, 2.24) is 10.2 Å². The fraction of sp³-hybridized carbons (Fsp3) is 0.417. The van der Waals surface area contributed by atoms with Gasteiger partial charge >= 0.3 is 0 Å². The molecule has 0 spiro atoms. The molecule has 3 nitrogen and oxygen atoms in total. The number of H-pyrrole nitrogens is 1. The highest BCUT2D eigenvalue weighted by Gasteiger charge is 2.00. The van der Waals surface area contributed by atoms with Gasteiger partial charge in [-0.05, 0) is 30.9 Å². The molecule has 4 heteroatoms. The van der Waals surface area contributed by atoms with E-state index in [1.807, 2.05) is 18.0 Å². The van der Waals surface area contributed by atoms with Crippen molar-refractivity contribution in [3.8, 4) is 0 Å². The molecule has 0 unspecified atom stereocenters. The van der Waals surface area contributed by atoms with Crippen molar-refractivity contribution >= 4 is 28.4 Å². The summed E-state index contributed by atoms with van der Waals surface area (Å²) in [5, 5.41) is 11.7. The third kappa shape index (κ3) is 2.70. The van der Waals surface area contributed by atoms with Crippen LogP contribution in [0.5, 0.6) is 0 Å². The highest BCUT2D eigenvalue weighted by molar-refractivity contribution is 7.98. The summed E-state index contributed by atoms with van der Waals surface area (Å²) >= 11 is 1.91. The summed E-state index contributed by atoms with van der Waals surface area (Å²) < 4.78 is 0. The molecule has 0 bridgehead atoms. The summed E-state index contributed by atoms with van der Waals surface area (Å²) in [4.78, 5) is 0. The van der Waals surface area contributed by atoms with E-state index in [4.69, 9.17) is 0 Å². The van der Waals surface area contributed by atoms with Gasteiger partial charge in [0.05, 0.1) is 17.4 Å². The average Bonchev–Trinajstić information content (AvgIpc) is 2.77. The number of hydrogen-bond donors (Lipinski definition) is 2. The van der Waals surface area contributed by atoms with Crippen molar-refractivity contribution < 1.29 is 0 Å². The summed E-state index contributed by atoms with van der Waals surface area (Å²) in [5.74, 6) is 1.25. The highest BCUT2D eigenvalue weighted by Crippen LogP contribution is 2.20. The lowest BCUT2D eigenvalue weighted by atomic mass is 10.2. The summed E-state index contributed by atoms with van der Waals surface area (Å²) in [6, 6.07) is 6.22. The number of hydrogen-bond acceptors (Lipinski definition) is 3. The highest BCUT2D eigenvalue weighted by atomic mass is 32.2. The minimum Gasteiger partial charge on any atom is -0.383 e. The Morgan fingerprint density at radius 2 is 2.31 bits per heavy atom. The van der Waals surface area contributed by atoms with Gasteiger partial charge in [-0.2, -0.15) is 16.9 Å². The van der Waals surface area contributed by atoms with Gasteiger partial charge in [-0.25, -0.2) is 0 Å². The van der Waals surface area contributed by atoms with Crippen LogP contribution in [0.25, 0.3) is 10.9 Å². The van der Waals surface area contributed by atoms with E-state index >= 15 is 0 Å². The Balaban J connectivity index is 1.91. The van der Waals surface area contributed by atoms with Gasteiger partial charge in [0.2, 0.25) is 0 Å². The van der Waals surface area contributed by atoms with E-state index in [9.17, 15) is 0 Å². The lowest BCUT2D eigenvalue weighted by molar-refractivity contribution is 0.844. The Morgan fingerprint density at radius 1 is 1.38 bits per heavy atom. The predicted molar refractivity (Wildman–Crippen MR) is 72.2 cm³/mol. The molecule has 16 heavy (non-hydrogen) atoms. The van der Waals surface area contributed by atoms with Gasteiger partial charge in [0.15, 0.2) is 0 Å². The Hall–Kier alpha value is -1.16. The largest absolute Gasteiger partial charge is 0.383 e. The van der Waals surface area contributed by atoms with Crippen molar-refractivity contribution in [1.29, 1.82) is 0 Å². The van der Waals surface area contributed by atoms with Gasteiger partial charge in [-0.1, -0.05) is 12.1 Å². The fourth-order valence-electron chi connectivity index (χ4n) is 1.71. The summed E-state index contributed by atoms with van der Waals surface area (Å²) in [7, 11) is 0. The van der Waals surface area contributed by atoms with Crippen molar-refractivity contribution in [2.45, 2.75) is 12.8 Å². The predicted octanol–water partition coefficient (Wildman–Crippen LogP) is 3.12. The van der Waals surface area contributed by atoms with Crippen molar-refractivity contribution in [3.05, 3.63) is 24.4 Å². The van der Waals surface area contributed by atoms with E-state index < -0.39 is 0 Å². The topological polar surface area (TPSA) is 40.7 Å². The van der Waals surface area contributed by atoms with Gasteiger partial charge in [0.25, 0.3) is 0 Å². The standard InChI is InChI=1S/C12H17N3S/c1-16-8-3-2-7-13-11-6-4-5-10-9-14-15-12(10)11/h4-6,9,13H,2-3,7-8H2,1H3,(H,14,15). The molecular formula is C12H17N3S. The first kappa shape index (κ1) is 11.3. The van der Waals surface area contributed by atoms with E-state index in [2.05, 4.69) is 40.0 Å². The van der Waals surface area contributed by atoms with Crippen LogP contribution >= 0.6 is 11.8 Å². The number of aromatic nitrogens is 2. The summed E-state index contributed by atoms with van der Waals surface area (Å²) in [6.07, 6.45) is 6.49. The summed E-state index contributed by atoms with van der Waals surface area (Å²) in [5.41, 5.74) is 2.26. The van der Waals surface area contributed by atoms with Crippen LogP contribution in [0.15, 0.2) is 24.4 Å². The molecule has 2 N–H and O–H groups in total. The smallest absolute Gasteiger partial charge is 0.0881 e. The van der Waals surface area contributed by atoms with Crippen LogP contribution < -0.4 is 5.32 Å². The normalized spacial score (nSPS) is 10.8. The zero-order valence-electron chi connectivity index (χ0n) is 9.49.